The van der Waals surface area contributed by atoms with E-state index in [4.69, 9.17) is 0 Å². The first-order valence-corrected chi connectivity index (χ1v) is 23.8. The fourth-order valence-electron chi connectivity index (χ4n) is 7.68. The molecule has 0 unspecified atom stereocenters. The van der Waals surface area contributed by atoms with Gasteiger partial charge in [0, 0.05) is 104 Å². The molecule has 2 aromatic carbocycles. The van der Waals surface area contributed by atoms with E-state index in [9.17, 15) is 0 Å². The highest BCUT2D eigenvalue weighted by molar-refractivity contribution is 7.98. The molecule has 0 fully saturated rings. The topological polar surface area (TPSA) is 0 Å². The maximum Gasteiger partial charge on any atom is 0.0449 e. The fraction of sp³-hybridized carbons (Fsp3) is 0.143. The second-order valence-corrected chi connectivity index (χ2v) is 21.6. The molecular weight excluding hydrogens is 761 g/mol. The van der Waals surface area contributed by atoms with Crippen LogP contribution in [0.4, 0.5) is 0 Å². The summed E-state index contributed by atoms with van der Waals surface area (Å²) in [6.07, 6.45) is 0. The Hall–Kier alpha value is -2.66. The van der Waals surface area contributed by atoms with Crippen LogP contribution in [0.1, 0.15) is 33.4 Å². The zero-order valence-electron chi connectivity index (χ0n) is 27.2. The standard InChI is InChI=1S/C42H28S8/c1-21-15-23-29-3-5-31(45-29)33-7-9-36(47-33)38-12-14-40(50-38)42-24(16-22(2)26-18-44-20-28(26)42)30-4-6-32(46-30)34-8-10-35(48-34)37-11-13-39(49-37)41(23)27-19-43-17-25(21)27/h3-16H,17-20H2,1-2H3. The molecule has 0 nitrogen and oxygen atoms in total. The van der Waals surface area contributed by atoms with Gasteiger partial charge in [-0.05, 0) is 132 Å². The molecule has 0 saturated heterocycles. The quantitative estimate of drug-likeness (QED) is 0.150. The molecule has 0 saturated carbocycles. The van der Waals surface area contributed by atoms with Gasteiger partial charge in [-0.3, -0.25) is 0 Å². The highest BCUT2D eigenvalue weighted by atomic mass is 32.2. The number of hydrogen-bond acceptors (Lipinski definition) is 8. The molecule has 0 N–H and O–H groups in total. The Kier molecular flexibility index (Phi) is 7.38. The van der Waals surface area contributed by atoms with Gasteiger partial charge in [0.05, 0.1) is 0 Å². The normalized spacial score (nSPS) is 14.1. The number of aryl methyl sites for hydroxylation is 2. The van der Waals surface area contributed by atoms with Gasteiger partial charge >= 0.3 is 0 Å². The Morgan fingerprint density at radius 2 is 0.580 bits per heavy atom. The third kappa shape index (κ3) is 4.87. The lowest BCUT2D eigenvalue weighted by molar-refractivity contribution is 1.28. The van der Waals surface area contributed by atoms with Crippen molar-refractivity contribution in [1.82, 2.24) is 0 Å². The molecule has 8 heteroatoms. The maximum absolute atomic E-state index is 2.48. The second-order valence-electron chi connectivity index (χ2n) is 13.1. The Labute approximate surface area is 324 Å². The summed E-state index contributed by atoms with van der Waals surface area (Å²) < 4.78 is 0. The van der Waals surface area contributed by atoms with Crippen molar-refractivity contribution >= 4 is 91.5 Å². The van der Waals surface area contributed by atoms with Gasteiger partial charge in [-0.1, -0.05) is 0 Å². The average Bonchev–Trinajstić information content (AvgIpc) is 3.98. The molecule has 11 rings (SSSR count). The summed E-state index contributed by atoms with van der Waals surface area (Å²) >= 11 is 15.8. The monoisotopic (exact) mass is 788 g/mol. The van der Waals surface area contributed by atoms with E-state index < -0.39 is 0 Å². The minimum atomic E-state index is 1.09. The van der Waals surface area contributed by atoms with Crippen LogP contribution in [0.15, 0.2) is 84.9 Å². The van der Waals surface area contributed by atoms with Crippen LogP contribution in [0.5, 0.6) is 0 Å². The Bertz CT molecular complexity index is 2460. The number of benzene rings is 2. The second kappa shape index (κ2) is 11.9. The molecule has 50 heavy (non-hydrogen) atoms. The third-order valence-corrected chi connectivity index (χ3v) is 19.5. The Morgan fingerprint density at radius 3 is 0.940 bits per heavy atom. The lowest BCUT2D eigenvalue weighted by Crippen LogP contribution is -1.94. The number of hydrogen-bond donors (Lipinski definition) is 0. The van der Waals surface area contributed by atoms with Crippen molar-refractivity contribution < 1.29 is 0 Å². The van der Waals surface area contributed by atoms with E-state index in [1.807, 2.05) is 68.0 Å². The van der Waals surface area contributed by atoms with Crippen molar-refractivity contribution in [3.63, 3.8) is 0 Å². The summed E-state index contributed by atoms with van der Waals surface area (Å²) in [6.45, 7) is 4.63. The molecule has 0 spiro atoms. The van der Waals surface area contributed by atoms with Gasteiger partial charge in [-0.2, -0.15) is 23.5 Å². The van der Waals surface area contributed by atoms with Crippen LogP contribution in [-0.2, 0) is 23.0 Å². The van der Waals surface area contributed by atoms with Crippen LogP contribution < -0.4 is 0 Å². The average molecular weight is 789 g/mol. The summed E-state index contributed by atoms with van der Waals surface area (Å²) in [7, 11) is 0. The first kappa shape index (κ1) is 30.9. The summed E-state index contributed by atoms with van der Waals surface area (Å²) in [5.74, 6) is 4.42. The molecule has 9 heterocycles. The van der Waals surface area contributed by atoms with Gasteiger partial charge in [0.2, 0.25) is 0 Å². The SMILES string of the molecule is Cc1cc2c(c3c1CSC3)-c1ccc(s1)-c1ccc(s1)-c1ccc(s1)-c1cc(C)c3c(c1-c1ccc(s1)-c1ccc(s1)-c1ccc-2s1)CSC3. The van der Waals surface area contributed by atoms with E-state index >= 15 is 0 Å². The van der Waals surface area contributed by atoms with Gasteiger partial charge in [0.25, 0.3) is 0 Å². The fourth-order valence-corrected chi connectivity index (χ4v) is 16.8. The summed E-state index contributed by atoms with van der Waals surface area (Å²) in [4.78, 5) is 16.4. The highest BCUT2D eigenvalue weighted by Crippen LogP contribution is 2.53. The Morgan fingerprint density at radius 1 is 0.320 bits per heavy atom. The van der Waals surface area contributed by atoms with Crippen molar-refractivity contribution in [2.75, 3.05) is 0 Å². The predicted molar refractivity (Wildman–Crippen MR) is 230 cm³/mol. The molecule has 0 radical (unpaired) electrons. The number of thioether (sulfide) groups is 2. The van der Waals surface area contributed by atoms with Crippen LogP contribution in [-0.4, -0.2) is 0 Å². The lowest BCUT2D eigenvalue weighted by atomic mass is 9.92. The van der Waals surface area contributed by atoms with Gasteiger partial charge in [0.15, 0.2) is 0 Å². The molecule has 0 aliphatic carbocycles. The van der Waals surface area contributed by atoms with Gasteiger partial charge in [-0.25, -0.2) is 0 Å². The highest BCUT2D eigenvalue weighted by Gasteiger charge is 2.27. The van der Waals surface area contributed by atoms with Crippen LogP contribution >= 0.6 is 91.5 Å². The van der Waals surface area contributed by atoms with Crippen LogP contribution in [0, 0.1) is 13.8 Å². The Balaban J connectivity index is 1.13. The van der Waals surface area contributed by atoms with E-state index in [2.05, 4.69) is 122 Å². The van der Waals surface area contributed by atoms with Gasteiger partial charge < -0.3 is 0 Å². The molecular formula is C42H28S8. The van der Waals surface area contributed by atoms with Crippen LogP contribution in [0.25, 0.3) is 80.8 Å². The first-order chi connectivity index (χ1) is 24.6. The number of rotatable bonds is 0. The van der Waals surface area contributed by atoms with E-state index in [-0.39, 0.29) is 0 Å². The molecule has 6 aromatic heterocycles. The zero-order chi connectivity index (χ0) is 33.1. The van der Waals surface area contributed by atoms with Gasteiger partial charge in [0.1, 0.15) is 0 Å². The van der Waals surface area contributed by atoms with E-state index in [1.54, 1.807) is 22.3 Å². The molecule has 8 aromatic rings. The van der Waals surface area contributed by atoms with Gasteiger partial charge in [-0.15, -0.1) is 68.0 Å². The largest absolute Gasteiger partial charge is 0.152 e. The lowest BCUT2D eigenvalue weighted by Gasteiger charge is -2.15. The van der Waals surface area contributed by atoms with E-state index in [0.29, 0.717) is 0 Å². The minimum absolute atomic E-state index is 1.09. The zero-order valence-corrected chi connectivity index (χ0v) is 33.7. The number of fused-ring (bicyclic) bond motifs is 26. The molecule has 0 atom stereocenters. The summed E-state index contributed by atoms with van der Waals surface area (Å²) in [6, 6.07) is 33.3. The smallest absolute Gasteiger partial charge is 0.0449 e. The summed E-state index contributed by atoms with van der Waals surface area (Å²) in [5, 5.41) is 0. The molecule has 3 aliphatic rings. The van der Waals surface area contributed by atoms with Crippen molar-refractivity contribution in [1.29, 1.82) is 0 Å². The van der Waals surface area contributed by atoms with E-state index in [0.717, 1.165) is 23.0 Å². The first-order valence-electron chi connectivity index (χ1n) is 16.6. The molecule has 244 valence electrons. The predicted octanol–water partition coefficient (Wildman–Crippen LogP) is 15.8. The van der Waals surface area contributed by atoms with E-state index in [1.165, 1.54) is 91.9 Å². The van der Waals surface area contributed by atoms with Crippen LogP contribution in [0.2, 0.25) is 0 Å². The molecule has 12 bridgehead atoms. The van der Waals surface area contributed by atoms with Crippen LogP contribution in [0.3, 0.4) is 0 Å². The van der Waals surface area contributed by atoms with Crippen molar-refractivity contribution in [2.24, 2.45) is 0 Å². The van der Waals surface area contributed by atoms with Crippen molar-refractivity contribution in [3.8, 4) is 80.8 Å². The number of thiophene rings is 6. The molecule has 3 aliphatic heterocycles. The third-order valence-electron chi connectivity index (χ3n) is 10.2. The summed E-state index contributed by atoms with van der Waals surface area (Å²) in [5.41, 5.74) is 14.8. The van der Waals surface area contributed by atoms with Crippen molar-refractivity contribution in [3.05, 3.63) is 118 Å². The minimum Gasteiger partial charge on any atom is -0.152 e. The van der Waals surface area contributed by atoms with Crippen molar-refractivity contribution in [2.45, 2.75) is 36.9 Å². The molecule has 0 amide bonds. The maximum atomic E-state index is 2.48.